The molecular formula is C15H13F3N4O2S. The standard InChI is InChI=1S/C15H13F3N4O2S/c16-15(17,18)25(24)11-3-1-9(2-4-11)5-13-20-6-10-7-22(14(19)23)8-12(10)21-13/h1-4,6H,5,7-8H2,(H2,19,23). The number of nitrogens with two attached hydrogens (primary N) is 1. The molecule has 25 heavy (non-hydrogen) atoms. The Hall–Kier alpha value is -2.49. The quantitative estimate of drug-likeness (QED) is 0.896. The van der Waals surface area contributed by atoms with Gasteiger partial charge in [-0.1, -0.05) is 12.1 Å². The molecule has 1 aliphatic heterocycles. The smallest absolute Gasteiger partial charge is 0.351 e. The molecule has 1 aromatic carbocycles. The Kier molecular flexibility index (Phi) is 4.46. The Balaban J connectivity index is 1.73. The Morgan fingerprint density at radius 2 is 1.92 bits per heavy atom. The summed E-state index contributed by atoms with van der Waals surface area (Å²) in [6, 6.07) is 4.76. The van der Waals surface area contributed by atoms with Crippen LogP contribution in [0.25, 0.3) is 0 Å². The zero-order valence-electron chi connectivity index (χ0n) is 12.8. The van der Waals surface area contributed by atoms with E-state index in [2.05, 4.69) is 9.97 Å². The van der Waals surface area contributed by atoms with Crippen molar-refractivity contribution in [3.63, 3.8) is 0 Å². The highest BCUT2D eigenvalue weighted by atomic mass is 32.2. The largest absolute Gasteiger partial charge is 0.475 e. The fraction of sp³-hybridized carbons (Fsp3) is 0.267. The van der Waals surface area contributed by atoms with E-state index in [0.29, 0.717) is 36.6 Å². The summed E-state index contributed by atoms with van der Waals surface area (Å²) in [6.07, 6.45) is 1.93. The fourth-order valence-electron chi connectivity index (χ4n) is 2.48. The molecule has 2 heterocycles. The van der Waals surface area contributed by atoms with Crippen molar-refractivity contribution in [2.45, 2.75) is 29.9 Å². The molecule has 0 radical (unpaired) electrons. The molecule has 2 N–H and O–H groups in total. The van der Waals surface area contributed by atoms with Crippen molar-refractivity contribution in [2.75, 3.05) is 0 Å². The van der Waals surface area contributed by atoms with Crippen LogP contribution < -0.4 is 5.73 Å². The fourth-order valence-corrected chi connectivity index (χ4v) is 3.13. The van der Waals surface area contributed by atoms with Crippen LogP contribution in [-0.2, 0) is 30.3 Å². The third kappa shape index (κ3) is 3.78. The zero-order valence-corrected chi connectivity index (χ0v) is 13.6. The van der Waals surface area contributed by atoms with E-state index in [1.165, 1.54) is 29.2 Å². The Bertz CT molecular complexity index is 840. The van der Waals surface area contributed by atoms with Crippen LogP contribution in [0.4, 0.5) is 18.0 Å². The average molecular weight is 370 g/mol. The molecule has 0 aliphatic carbocycles. The van der Waals surface area contributed by atoms with Gasteiger partial charge in [-0.05, 0) is 17.7 Å². The summed E-state index contributed by atoms with van der Waals surface area (Å²) in [7, 11) is -3.04. The number of amides is 2. The summed E-state index contributed by atoms with van der Waals surface area (Å²) in [4.78, 5) is 20.9. The highest BCUT2D eigenvalue weighted by Crippen LogP contribution is 2.26. The van der Waals surface area contributed by atoms with Crippen molar-refractivity contribution in [3.8, 4) is 0 Å². The molecule has 132 valence electrons. The predicted octanol–water partition coefficient (Wildman–Crippen LogP) is 2.09. The second-order valence-electron chi connectivity index (χ2n) is 5.49. The third-order valence-electron chi connectivity index (χ3n) is 3.73. The molecule has 10 heteroatoms. The first-order chi connectivity index (χ1) is 11.7. The number of aromatic nitrogens is 2. The maximum Gasteiger partial charge on any atom is 0.475 e. The monoisotopic (exact) mass is 370 g/mol. The van der Waals surface area contributed by atoms with Crippen LogP contribution in [0.3, 0.4) is 0 Å². The molecule has 1 unspecified atom stereocenters. The minimum atomic E-state index is -4.78. The lowest BCUT2D eigenvalue weighted by atomic mass is 10.1. The van der Waals surface area contributed by atoms with Crippen molar-refractivity contribution in [2.24, 2.45) is 5.73 Å². The van der Waals surface area contributed by atoms with Gasteiger partial charge < -0.3 is 10.6 Å². The Morgan fingerprint density at radius 3 is 2.52 bits per heavy atom. The summed E-state index contributed by atoms with van der Waals surface area (Å²) >= 11 is 0. The van der Waals surface area contributed by atoms with E-state index in [0.717, 1.165) is 5.56 Å². The van der Waals surface area contributed by atoms with Crippen LogP contribution in [0.1, 0.15) is 22.6 Å². The van der Waals surface area contributed by atoms with E-state index in [4.69, 9.17) is 5.73 Å². The van der Waals surface area contributed by atoms with Crippen molar-refractivity contribution in [1.29, 1.82) is 0 Å². The summed E-state index contributed by atoms with van der Waals surface area (Å²) in [5, 5.41) is 0. The lowest BCUT2D eigenvalue weighted by molar-refractivity contribution is -0.0384. The highest BCUT2D eigenvalue weighted by molar-refractivity contribution is 7.86. The van der Waals surface area contributed by atoms with Crippen LogP contribution in [0.2, 0.25) is 0 Å². The van der Waals surface area contributed by atoms with Crippen molar-refractivity contribution >= 4 is 16.8 Å². The van der Waals surface area contributed by atoms with Crippen LogP contribution >= 0.6 is 0 Å². The van der Waals surface area contributed by atoms with Gasteiger partial charge in [-0.15, -0.1) is 0 Å². The number of rotatable bonds is 3. The third-order valence-corrected chi connectivity index (χ3v) is 4.85. The summed E-state index contributed by atoms with van der Waals surface area (Å²) in [6.45, 7) is 0.673. The number of carbonyl (C=O) groups is 1. The van der Waals surface area contributed by atoms with Gasteiger partial charge in [0.1, 0.15) is 5.82 Å². The minimum Gasteiger partial charge on any atom is -0.351 e. The van der Waals surface area contributed by atoms with E-state index in [1.54, 1.807) is 6.20 Å². The van der Waals surface area contributed by atoms with Crippen molar-refractivity contribution in [3.05, 3.63) is 53.1 Å². The molecular weight excluding hydrogens is 357 g/mol. The first kappa shape index (κ1) is 17.3. The van der Waals surface area contributed by atoms with Gasteiger partial charge in [-0.2, -0.15) is 13.2 Å². The molecule has 0 saturated heterocycles. The number of carbonyl (C=O) groups excluding carboxylic acids is 1. The number of primary amides is 1. The van der Waals surface area contributed by atoms with Gasteiger partial charge in [0.25, 0.3) is 0 Å². The molecule has 1 aromatic heterocycles. The predicted molar refractivity (Wildman–Crippen MR) is 82.6 cm³/mol. The van der Waals surface area contributed by atoms with Gasteiger partial charge in [-0.25, -0.2) is 19.0 Å². The van der Waals surface area contributed by atoms with Crippen molar-refractivity contribution < 1.29 is 22.2 Å². The SMILES string of the molecule is NC(=O)N1Cc2cnc(Cc3ccc(S(=O)C(F)(F)F)cc3)nc2C1. The van der Waals surface area contributed by atoms with Crippen LogP contribution in [0.15, 0.2) is 35.4 Å². The second-order valence-corrected chi connectivity index (χ2v) is 6.96. The van der Waals surface area contributed by atoms with Gasteiger partial charge in [0.2, 0.25) is 0 Å². The molecule has 0 fully saturated rings. The van der Waals surface area contributed by atoms with Gasteiger partial charge in [0.15, 0.2) is 10.8 Å². The molecule has 0 bridgehead atoms. The number of alkyl halides is 3. The van der Waals surface area contributed by atoms with Gasteiger partial charge in [-0.3, -0.25) is 0 Å². The number of hydrogen-bond donors (Lipinski definition) is 1. The number of hydrogen-bond acceptors (Lipinski definition) is 4. The van der Waals surface area contributed by atoms with Crippen LogP contribution in [0.5, 0.6) is 0 Å². The Labute approximate surface area is 143 Å². The number of fused-ring (bicyclic) bond motifs is 1. The summed E-state index contributed by atoms with van der Waals surface area (Å²) < 4.78 is 48.6. The van der Waals surface area contributed by atoms with Gasteiger partial charge in [0.05, 0.1) is 18.8 Å². The zero-order chi connectivity index (χ0) is 18.2. The maximum absolute atomic E-state index is 12.4. The molecule has 6 nitrogen and oxygen atoms in total. The molecule has 3 rings (SSSR count). The second kappa shape index (κ2) is 6.43. The van der Waals surface area contributed by atoms with E-state index in [9.17, 15) is 22.2 Å². The minimum absolute atomic E-state index is 0.303. The van der Waals surface area contributed by atoms with Crippen molar-refractivity contribution in [1.82, 2.24) is 14.9 Å². The lowest BCUT2D eigenvalue weighted by Gasteiger charge is -2.09. The lowest BCUT2D eigenvalue weighted by Crippen LogP contribution is -2.30. The summed E-state index contributed by atoms with van der Waals surface area (Å²) in [5.41, 5.74) is 2.67. The van der Waals surface area contributed by atoms with Crippen LogP contribution in [0, 0.1) is 0 Å². The molecule has 0 saturated carbocycles. The van der Waals surface area contributed by atoms with Gasteiger partial charge >= 0.3 is 11.5 Å². The molecule has 1 atom stereocenters. The number of benzene rings is 1. The van der Waals surface area contributed by atoms with Crippen LogP contribution in [-0.4, -0.2) is 30.6 Å². The topological polar surface area (TPSA) is 89.2 Å². The normalized spacial score (nSPS) is 15.1. The number of urea groups is 1. The van der Waals surface area contributed by atoms with E-state index < -0.39 is 22.3 Å². The van der Waals surface area contributed by atoms with E-state index >= 15 is 0 Å². The van der Waals surface area contributed by atoms with E-state index in [-0.39, 0.29) is 4.90 Å². The number of halogens is 3. The average Bonchev–Trinajstić information content (AvgIpc) is 2.98. The van der Waals surface area contributed by atoms with E-state index in [1.807, 2.05) is 0 Å². The molecule has 2 aromatic rings. The summed E-state index contributed by atoms with van der Waals surface area (Å²) in [5.74, 6) is 0.481. The number of nitrogens with zero attached hydrogens (tertiary/aromatic N) is 3. The highest BCUT2D eigenvalue weighted by Gasteiger charge is 2.37. The first-order valence-corrected chi connectivity index (χ1v) is 8.34. The van der Waals surface area contributed by atoms with Gasteiger partial charge in [0, 0.05) is 23.1 Å². The molecule has 1 aliphatic rings. The maximum atomic E-state index is 12.4. The Morgan fingerprint density at radius 1 is 1.24 bits per heavy atom. The molecule has 0 spiro atoms. The molecule has 2 amide bonds. The first-order valence-electron chi connectivity index (χ1n) is 7.19.